The van der Waals surface area contributed by atoms with Gasteiger partial charge in [-0.2, -0.15) is 0 Å². The zero-order valence-electron chi connectivity index (χ0n) is 11.6. The van der Waals surface area contributed by atoms with Gasteiger partial charge in [-0.15, -0.1) is 0 Å². The van der Waals surface area contributed by atoms with E-state index < -0.39 is 5.60 Å². The van der Waals surface area contributed by atoms with Crippen molar-refractivity contribution in [2.24, 2.45) is 0 Å². The molecule has 1 aromatic rings. The second-order valence-electron chi connectivity index (χ2n) is 5.75. The summed E-state index contributed by atoms with van der Waals surface area (Å²) in [6.45, 7) is 6.64. The molecule has 0 bridgehead atoms. The fourth-order valence-electron chi connectivity index (χ4n) is 2.06. The summed E-state index contributed by atoms with van der Waals surface area (Å²) < 4.78 is 5.37. The number of aromatic nitrogens is 1. The van der Waals surface area contributed by atoms with E-state index in [4.69, 9.17) is 9.84 Å². The maximum absolute atomic E-state index is 12.0. The molecule has 1 amide bonds. The Kier molecular flexibility index (Phi) is 3.75. The molecule has 1 aromatic heterocycles. The SMILES string of the molecule is CC(C)(C)OC(=O)N1CCc2cnc(CO)cc2C1. The van der Waals surface area contributed by atoms with Crippen LogP contribution in [0.5, 0.6) is 0 Å². The molecule has 5 nitrogen and oxygen atoms in total. The van der Waals surface area contributed by atoms with E-state index in [9.17, 15) is 4.79 Å². The highest BCUT2D eigenvalue weighted by Crippen LogP contribution is 2.21. The number of amides is 1. The van der Waals surface area contributed by atoms with E-state index in [0.29, 0.717) is 18.8 Å². The molecule has 0 saturated heterocycles. The van der Waals surface area contributed by atoms with Gasteiger partial charge in [-0.1, -0.05) is 0 Å². The van der Waals surface area contributed by atoms with Crippen molar-refractivity contribution in [3.05, 3.63) is 29.1 Å². The fourth-order valence-corrected chi connectivity index (χ4v) is 2.06. The predicted molar refractivity (Wildman–Crippen MR) is 70.5 cm³/mol. The van der Waals surface area contributed by atoms with Gasteiger partial charge >= 0.3 is 6.09 Å². The summed E-state index contributed by atoms with van der Waals surface area (Å²) in [7, 11) is 0. The van der Waals surface area contributed by atoms with Crippen molar-refractivity contribution in [2.45, 2.75) is 45.9 Å². The van der Waals surface area contributed by atoms with Gasteiger partial charge in [0, 0.05) is 19.3 Å². The lowest BCUT2D eigenvalue weighted by atomic mass is 10.0. The molecule has 1 aliphatic rings. The monoisotopic (exact) mass is 264 g/mol. The third-order valence-corrected chi connectivity index (χ3v) is 2.97. The summed E-state index contributed by atoms with van der Waals surface area (Å²) in [5.74, 6) is 0. The Hall–Kier alpha value is -1.62. The largest absolute Gasteiger partial charge is 0.444 e. The van der Waals surface area contributed by atoms with Crippen LogP contribution in [0.25, 0.3) is 0 Å². The maximum atomic E-state index is 12.0. The van der Waals surface area contributed by atoms with Crippen molar-refractivity contribution in [1.29, 1.82) is 0 Å². The van der Waals surface area contributed by atoms with Crippen molar-refractivity contribution in [3.63, 3.8) is 0 Å². The van der Waals surface area contributed by atoms with Crippen LogP contribution in [0.2, 0.25) is 0 Å². The smallest absolute Gasteiger partial charge is 0.410 e. The molecule has 0 atom stereocenters. The Labute approximate surface area is 113 Å². The molecule has 0 unspecified atom stereocenters. The highest BCUT2D eigenvalue weighted by molar-refractivity contribution is 5.68. The Bertz CT molecular complexity index is 480. The molecule has 0 spiro atoms. The highest BCUT2D eigenvalue weighted by atomic mass is 16.6. The highest BCUT2D eigenvalue weighted by Gasteiger charge is 2.25. The standard InChI is InChI=1S/C14H20N2O3/c1-14(2,3)19-13(18)16-5-4-10-7-15-12(9-17)6-11(10)8-16/h6-7,17H,4-5,8-9H2,1-3H3. The van der Waals surface area contributed by atoms with Gasteiger partial charge in [0.25, 0.3) is 0 Å². The Morgan fingerprint density at radius 3 is 2.84 bits per heavy atom. The number of aliphatic hydroxyl groups is 1. The van der Waals surface area contributed by atoms with Crippen LogP contribution < -0.4 is 0 Å². The normalized spacial score (nSPS) is 15.1. The minimum absolute atomic E-state index is 0.0836. The van der Waals surface area contributed by atoms with Crippen molar-refractivity contribution in [2.75, 3.05) is 6.54 Å². The van der Waals surface area contributed by atoms with E-state index in [1.807, 2.05) is 26.8 Å². The maximum Gasteiger partial charge on any atom is 0.410 e. The zero-order valence-corrected chi connectivity index (χ0v) is 11.6. The molecular weight excluding hydrogens is 244 g/mol. The quantitative estimate of drug-likeness (QED) is 0.841. The molecule has 2 rings (SSSR count). The third-order valence-electron chi connectivity index (χ3n) is 2.97. The lowest BCUT2D eigenvalue weighted by molar-refractivity contribution is 0.0223. The van der Waals surface area contributed by atoms with Crippen molar-refractivity contribution < 1.29 is 14.6 Å². The lowest BCUT2D eigenvalue weighted by Gasteiger charge is -2.31. The van der Waals surface area contributed by atoms with Gasteiger partial charge in [0.15, 0.2) is 0 Å². The van der Waals surface area contributed by atoms with Crippen LogP contribution in [0.1, 0.15) is 37.6 Å². The first kappa shape index (κ1) is 13.8. The fraction of sp³-hybridized carbons (Fsp3) is 0.571. The number of hydrogen-bond acceptors (Lipinski definition) is 4. The molecule has 5 heteroatoms. The van der Waals surface area contributed by atoms with Crippen LogP contribution in [0.3, 0.4) is 0 Å². The number of pyridine rings is 1. The van der Waals surface area contributed by atoms with Crippen LogP contribution in [0.15, 0.2) is 12.3 Å². The van der Waals surface area contributed by atoms with Crippen LogP contribution in [-0.2, 0) is 24.3 Å². The number of aliphatic hydroxyl groups excluding tert-OH is 1. The molecule has 1 aliphatic heterocycles. The van der Waals surface area contributed by atoms with Gasteiger partial charge in [0.05, 0.1) is 12.3 Å². The summed E-state index contributed by atoms with van der Waals surface area (Å²) in [5.41, 5.74) is 2.32. The molecule has 2 heterocycles. The zero-order chi connectivity index (χ0) is 14.0. The van der Waals surface area contributed by atoms with Gasteiger partial charge in [0.2, 0.25) is 0 Å². The van der Waals surface area contributed by atoms with E-state index >= 15 is 0 Å². The van der Waals surface area contributed by atoms with E-state index in [1.54, 1.807) is 11.1 Å². The van der Waals surface area contributed by atoms with Crippen molar-refractivity contribution >= 4 is 6.09 Å². The first-order valence-corrected chi connectivity index (χ1v) is 6.44. The van der Waals surface area contributed by atoms with Crippen molar-refractivity contribution in [3.8, 4) is 0 Å². The average Bonchev–Trinajstić information content (AvgIpc) is 2.35. The van der Waals surface area contributed by atoms with E-state index in [0.717, 1.165) is 17.5 Å². The molecule has 104 valence electrons. The number of carbonyl (C=O) groups is 1. The number of fused-ring (bicyclic) bond motifs is 1. The predicted octanol–water partition coefficient (Wildman–Crippen LogP) is 1.87. The molecule has 19 heavy (non-hydrogen) atoms. The molecule has 0 aliphatic carbocycles. The summed E-state index contributed by atoms with van der Waals surface area (Å²) in [4.78, 5) is 17.9. The summed E-state index contributed by atoms with van der Waals surface area (Å²) in [6, 6.07) is 1.85. The second-order valence-corrected chi connectivity index (χ2v) is 5.75. The van der Waals surface area contributed by atoms with Gasteiger partial charge in [-0.25, -0.2) is 4.79 Å². The Morgan fingerprint density at radius 2 is 2.21 bits per heavy atom. The van der Waals surface area contributed by atoms with Crippen LogP contribution >= 0.6 is 0 Å². The second kappa shape index (κ2) is 5.17. The van der Waals surface area contributed by atoms with Gasteiger partial charge < -0.3 is 14.7 Å². The molecule has 1 N–H and O–H groups in total. The molecule has 0 saturated carbocycles. The Balaban J connectivity index is 2.10. The van der Waals surface area contributed by atoms with Gasteiger partial charge in [-0.3, -0.25) is 4.98 Å². The van der Waals surface area contributed by atoms with Crippen LogP contribution in [0, 0.1) is 0 Å². The van der Waals surface area contributed by atoms with E-state index in [-0.39, 0.29) is 12.7 Å². The van der Waals surface area contributed by atoms with E-state index in [1.165, 1.54) is 0 Å². The van der Waals surface area contributed by atoms with Crippen molar-refractivity contribution in [1.82, 2.24) is 9.88 Å². The first-order chi connectivity index (χ1) is 8.89. The molecule has 0 fully saturated rings. The molecule has 0 aromatic carbocycles. The van der Waals surface area contributed by atoms with Gasteiger partial charge in [-0.05, 0) is 44.4 Å². The number of rotatable bonds is 1. The number of hydrogen-bond donors (Lipinski definition) is 1. The van der Waals surface area contributed by atoms with E-state index in [2.05, 4.69) is 4.98 Å². The summed E-state index contributed by atoms with van der Waals surface area (Å²) in [5, 5.41) is 9.10. The first-order valence-electron chi connectivity index (χ1n) is 6.44. The van der Waals surface area contributed by atoms with Crippen LogP contribution in [-0.4, -0.2) is 33.2 Å². The summed E-state index contributed by atoms with van der Waals surface area (Å²) >= 11 is 0. The number of ether oxygens (including phenoxy) is 1. The molecule has 0 radical (unpaired) electrons. The van der Waals surface area contributed by atoms with Gasteiger partial charge in [0.1, 0.15) is 5.60 Å². The average molecular weight is 264 g/mol. The summed E-state index contributed by atoms with van der Waals surface area (Å²) in [6.07, 6.45) is 2.26. The minimum atomic E-state index is -0.480. The number of nitrogens with zero attached hydrogens (tertiary/aromatic N) is 2. The number of carbonyl (C=O) groups excluding carboxylic acids is 1. The minimum Gasteiger partial charge on any atom is -0.444 e. The third kappa shape index (κ3) is 3.44. The van der Waals surface area contributed by atoms with Crippen LogP contribution in [0.4, 0.5) is 4.79 Å². The molecular formula is C14H20N2O3. The Morgan fingerprint density at radius 1 is 1.47 bits per heavy atom. The topological polar surface area (TPSA) is 62.7 Å². The lowest BCUT2D eigenvalue weighted by Crippen LogP contribution is -2.40.